The summed E-state index contributed by atoms with van der Waals surface area (Å²) in [7, 11) is 0. The molecular formula is C17H17BrN2O. The van der Waals surface area contributed by atoms with E-state index in [1.165, 1.54) is 0 Å². The van der Waals surface area contributed by atoms with Gasteiger partial charge in [0.1, 0.15) is 0 Å². The van der Waals surface area contributed by atoms with Crippen LogP contribution in [0.3, 0.4) is 0 Å². The highest BCUT2D eigenvalue weighted by molar-refractivity contribution is 9.10. The fourth-order valence-corrected chi connectivity index (χ4v) is 2.27. The number of benzene rings is 2. The molecule has 0 aliphatic heterocycles. The van der Waals surface area contributed by atoms with Crippen molar-refractivity contribution in [2.45, 2.75) is 20.3 Å². The van der Waals surface area contributed by atoms with Gasteiger partial charge in [0.15, 0.2) is 0 Å². The first-order chi connectivity index (χ1) is 10.1. The zero-order valence-corrected chi connectivity index (χ0v) is 13.6. The first-order valence-corrected chi connectivity index (χ1v) is 7.59. The SMILES string of the molecule is CC/C(=N\NC(=O)c1ccc(C)c(Br)c1)c1ccccc1. The Morgan fingerprint density at radius 1 is 1.14 bits per heavy atom. The number of nitrogens with one attached hydrogen (secondary N) is 1. The molecule has 108 valence electrons. The summed E-state index contributed by atoms with van der Waals surface area (Å²) in [6.07, 6.45) is 0.752. The number of hydrogen-bond acceptors (Lipinski definition) is 2. The number of carbonyl (C=O) groups is 1. The molecule has 0 bridgehead atoms. The lowest BCUT2D eigenvalue weighted by Crippen LogP contribution is -2.20. The third-order valence-corrected chi connectivity index (χ3v) is 4.02. The topological polar surface area (TPSA) is 41.5 Å². The number of rotatable bonds is 4. The van der Waals surface area contributed by atoms with E-state index in [9.17, 15) is 4.79 Å². The van der Waals surface area contributed by atoms with Crippen LogP contribution in [0.1, 0.15) is 34.8 Å². The van der Waals surface area contributed by atoms with Crippen molar-refractivity contribution >= 4 is 27.5 Å². The summed E-state index contributed by atoms with van der Waals surface area (Å²) in [5, 5.41) is 4.24. The third-order valence-electron chi connectivity index (χ3n) is 3.17. The number of carbonyl (C=O) groups excluding carboxylic acids is 1. The van der Waals surface area contributed by atoms with Gasteiger partial charge in [0.25, 0.3) is 5.91 Å². The van der Waals surface area contributed by atoms with Crippen molar-refractivity contribution in [2.75, 3.05) is 0 Å². The lowest BCUT2D eigenvalue weighted by Gasteiger charge is -2.06. The Labute approximate surface area is 133 Å². The number of amides is 1. The van der Waals surface area contributed by atoms with Gasteiger partial charge in [-0.15, -0.1) is 0 Å². The summed E-state index contributed by atoms with van der Waals surface area (Å²) in [4.78, 5) is 12.1. The van der Waals surface area contributed by atoms with Gasteiger partial charge in [0.2, 0.25) is 0 Å². The van der Waals surface area contributed by atoms with E-state index in [0.29, 0.717) is 5.56 Å². The number of nitrogens with zero attached hydrogens (tertiary/aromatic N) is 1. The van der Waals surface area contributed by atoms with Crippen LogP contribution < -0.4 is 5.43 Å². The third kappa shape index (κ3) is 4.02. The minimum absolute atomic E-state index is 0.211. The van der Waals surface area contributed by atoms with Gasteiger partial charge in [-0.05, 0) is 36.6 Å². The van der Waals surface area contributed by atoms with Gasteiger partial charge < -0.3 is 0 Å². The van der Waals surface area contributed by atoms with E-state index in [2.05, 4.69) is 26.5 Å². The fraction of sp³-hybridized carbons (Fsp3) is 0.176. The molecule has 1 amide bonds. The van der Waals surface area contributed by atoms with Gasteiger partial charge in [-0.3, -0.25) is 4.79 Å². The molecule has 0 radical (unpaired) electrons. The van der Waals surface area contributed by atoms with Crippen LogP contribution >= 0.6 is 15.9 Å². The van der Waals surface area contributed by atoms with E-state index in [-0.39, 0.29) is 5.91 Å². The number of hydrogen-bond donors (Lipinski definition) is 1. The van der Waals surface area contributed by atoms with E-state index in [1.54, 1.807) is 12.1 Å². The minimum Gasteiger partial charge on any atom is -0.267 e. The number of hydrazone groups is 1. The van der Waals surface area contributed by atoms with Gasteiger partial charge in [-0.25, -0.2) is 5.43 Å². The largest absolute Gasteiger partial charge is 0.271 e. The lowest BCUT2D eigenvalue weighted by molar-refractivity contribution is 0.0954. The molecule has 21 heavy (non-hydrogen) atoms. The van der Waals surface area contributed by atoms with Crippen LogP contribution in [0.15, 0.2) is 58.1 Å². The molecule has 2 aromatic rings. The van der Waals surface area contributed by atoms with Gasteiger partial charge in [0, 0.05) is 10.0 Å². The summed E-state index contributed by atoms with van der Waals surface area (Å²) in [5.74, 6) is -0.211. The molecule has 0 atom stereocenters. The highest BCUT2D eigenvalue weighted by Gasteiger charge is 2.07. The molecule has 4 heteroatoms. The lowest BCUT2D eigenvalue weighted by atomic mass is 10.1. The predicted molar refractivity (Wildman–Crippen MR) is 89.6 cm³/mol. The van der Waals surface area contributed by atoms with E-state index in [0.717, 1.165) is 27.7 Å². The Morgan fingerprint density at radius 3 is 2.48 bits per heavy atom. The number of aryl methyl sites for hydroxylation is 1. The highest BCUT2D eigenvalue weighted by atomic mass is 79.9. The van der Waals surface area contributed by atoms with Crippen LogP contribution in [0.5, 0.6) is 0 Å². The average molecular weight is 345 g/mol. The zero-order chi connectivity index (χ0) is 15.2. The van der Waals surface area contributed by atoms with Gasteiger partial charge in [-0.2, -0.15) is 5.10 Å². The summed E-state index contributed by atoms with van der Waals surface area (Å²) in [6, 6.07) is 15.3. The smallest absolute Gasteiger partial charge is 0.267 e. The molecule has 0 fully saturated rings. The predicted octanol–water partition coefficient (Wildman–Crippen LogP) is 4.30. The van der Waals surface area contributed by atoms with Crippen LogP contribution in [-0.4, -0.2) is 11.6 Å². The summed E-state index contributed by atoms with van der Waals surface area (Å²) >= 11 is 3.43. The number of halogens is 1. The van der Waals surface area contributed by atoms with Gasteiger partial charge >= 0.3 is 0 Å². The second kappa shape index (κ2) is 7.18. The maximum Gasteiger partial charge on any atom is 0.271 e. The summed E-state index contributed by atoms with van der Waals surface area (Å²) in [5.41, 5.74) is 6.17. The van der Waals surface area contributed by atoms with Gasteiger partial charge in [-0.1, -0.05) is 59.3 Å². The monoisotopic (exact) mass is 344 g/mol. The molecule has 0 heterocycles. The second-order valence-corrected chi connectivity index (χ2v) is 5.54. The van der Waals surface area contributed by atoms with Crippen molar-refractivity contribution in [2.24, 2.45) is 5.10 Å². The van der Waals surface area contributed by atoms with E-state index in [1.807, 2.05) is 50.2 Å². The molecule has 0 aromatic heterocycles. The Balaban J connectivity index is 2.15. The van der Waals surface area contributed by atoms with Crippen molar-refractivity contribution in [3.8, 4) is 0 Å². The molecule has 0 spiro atoms. The van der Waals surface area contributed by atoms with E-state index < -0.39 is 0 Å². The second-order valence-electron chi connectivity index (χ2n) is 4.68. The van der Waals surface area contributed by atoms with Crippen molar-refractivity contribution < 1.29 is 4.79 Å². The van der Waals surface area contributed by atoms with E-state index in [4.69, 9.17) is 0 Å². The quantitative estimate of drug-likeness (QED) is 0.651. The first-order valence-electron chi connectivity index (χ1n) is 6.80. The molecule has 0 saturated carbocycles. The van der Waals surface area contributed by atoms with Crippen LogP contribution in [0.25, 0.3) is 0 Å². The normalized spacial score (nSPS) is 11.3. The summed E-state index contributed by atoms with van der Waals surface area (Å²) < 4.78 is 0.915. The fourth-order valence-electron chi connectivity index (χ4n) is 1.90. The van der Waals surface area contributed by atoms with Crippen LogP contribution in [0.2, 0.25) is 0 Å². The van der Waals surface area contributed by atoms with Crippen molar-refractivity contribution in [1.29, 1.82) is 0 Å². The highest BCUT2D eigenvalue weighted by Crippen LogP contribution is 2.17. The maximum absolute atomic E-state index is 12.1. The van der Waals surface area contributed by atoms with Crippen molar-refractivity contribution in [1.82, 2.24) is 5.43 Å². The minimum atomic E-state index is -0.211. The molecule has 3 nitrogen and oxygen atoms in total. The Bertz CT molecular complexity index is 666. The van der Waals surface area contributed by atoms with Crippen LogP contribution in [0.4, 0.5) is 0 Å². The molecule has 1 N–H and O–H groups in total. The molecule has 0 unspecified atom stereocenters. The van der Waals surface area contributed by atoms with Crippen molar-refractivity contribution in [3.05, 3.63) is 69.7 Å². The van der Waals surface area contributed by atoms with Crippen LogP contribution in [0, 0.1) is 6.92 Å². The maximum atomic E-state index is 12.1. The van der Waals surface area contributed by atoms with Crippen molar-refractivity contribution in [3.63, 3.8) is 0 Å². The molecule has 2 rings (SSSR count). The Hall–Kier alpha value is -1.94. The Morgan fingerprint density at radius 2 is 1.86 bits per heavy atom. The molecule has 2 aromatic carbocycles. The average Bonchev–Trinajstić information content (AvgIpc) is 2.51. The molecule has 0 aliphatic carbocycles. The Kier molecular flexibility index (Phi) is 5.28. The van der Waals surface area contributed by atoms with Crippen LogP contribution in [-0.2, 0) is 0 Å². The molecular weight excluding hydrogens is 328 g/mol. The standard InChI is InChI=1S/C17H17BrN2O/c1-3-16(13-7-5-4-6-8-13)19-20-17(21)14-10-9-12(2)15(18)11-14/h4-11H,3H2,1-2H3,(H,20,21)/b19-16+. The zero-order valence-electron chi connectivity index (χ0n) is 12.1. The van der Waals surface area contributed by atoms with E-state index >= 15 is 0 Å². The summed E-state index contributed by atoms with van der Waals surface area (Å²) in [6.45, 7) is 4.00. The first kappa shape index (κ1) is 15.4. The molecule has 0 saturated heterocycles. The van der Waals surface area contributed by atoms with Gasteiger partial charge in [0.05, 0.1) is 5.71 Å². The molecule has 0 aliphatic rings.